The van der Waals surface area contributed by atoms with Crippen LogP contribution in [0, 0.1) is 0 Å². The molecule has 18 nitrogen and oxygen atoms in total. The Balaban J connectivity index is 1.27. The van der Waals surface area contributed by atoms with Crippen molar-refractivity contribution in [3.05, 3.63) is 179 Å². The second-order valence-corrected chi connectivity index (χ2v) is 15.8. The standard InChI is InChI=1S/C51H45ClO18/c1-30(53)63-44-42(70-49(59)35-25-15-6-16-26-35)40(68-47(57)33-21-11-4-12-22-33)37(28-61-45(55)31-17-7-2-8-18-31)65-51(44)62-29-36-39(67-46(56)32-19-9-3-10-20-32)41(43(50(60)64-36)66-38(54)27-52)69-48(58)34-23-13-5-14-24-34/h2-26,36-37,39-44,50-51,60H,27-29H2,1H3/t36-,37-,39-,40-,41+,42+,43+,44+,50+,51+/m1/s1. The maximum Gasteiger partial charge on any atom is 0.338 e. The first-order chi connectivity index (χ1) is 33.9. The quantitative estimate of drug-likeness (QED) is 0.0709. The van der Waals surface area contributed by atoms with E-state index in [0.717, 1.165) is 6.92 Å². The number of hydrogen-bond donors (Lipinski definition) is 1. The normalized spacial score (nSPS) is 23.9. The van der Waals surface area contributed by atoms with Gasteiger partial charge in [0.05, 0.1) is 34.4 Å². The van der Waals surface area contributed by atoms with Gasteiger partial charge in [0, 0.05) is 6.92 Å². The molecule has 2 aliphatic rings. The van der Waals surface area contributed by atoms with Crippen LogP contribution in [0.5, 0.6) is 0 Å². The zero-order chi connectivity index (χ0) is 49.6. The molecule has 70 heavy (non-hydrogen) atoms. The summed E-state index contributed by atoms with van der Waals surface area (Å²) in [6.45, 7) is -0.417. The fourth-order valence-electron chi connectivity index (χ4n) is 7.42. The van der Waals surface area contributed by atoms with Crippen LogP contribution in [0.2, 0.25) is 0 Å². The number of rotatable bonds is 17. The highest BCUT2D eigenvalue weighted by Crippen LogP contribution is 2.34. The van der Waals surface area contributed by atoms with Crippen molar-refractivity contribution in [2.75, 3.05) is 19.1 Å². The number of ether oxygens (including phenoxy) is 10. The number of carbonyl (C=O) groups excluding carboxylic acids is 7. The SMILES string of the molecule is CC(=O)O[C@@H]1[C@@H](OC[C@H]2O[C@H](O)[C@@H](OC(=O)CCl)[C@@H](OC(=O)c3ccccc3)[C@@H]2OC(=O)c2ccccc2)O[C@H](COC(=O)c2ccccc2)[C@@H](OC(=O)c2ccccc2)[C@@H]1OC(=O)c1ccccc1. The molecule has 0 amide bonds. The highest BCUT2D eigenvalue weighted by molar-refractivity contribution is 6.26. The maximum absolute atomic E-state index is 13.9. The average molecular weight is 981 g/mol. The maximum atomic E-state index is 13.9. The van der Waals surface area contributed by atoms with Crippen molar-refractivity contribution in [1.29, 1.82) is 0 Å². The Bertz CT molecular complexity index is 2570. The lowest BCUT2D eigenvalue weighted by atomic mass is 9.97. The van der Waals surface area contributed by atoms with Crippen molar-refractivity contribution < 1.29 is 86.0 Å². The van der Waals surface area contributed by atoms with E-state index in [1.54, 1.807) is 91.0 Å². The fourth-order valence-corrected chi connectivity index (χ4v) is 7.49. The molecule has 5 aromatic carbocycles. The molecule has 2 aliphatic heterocycles. The summed E-state index contributed by atoms with van der Waals surface area (Å²) < 4.78 is 59.2. The molecule has 7 rings (SSSR count). The number of halogens is 1. The van der Waals surface area contributed by atoms with Gasteiger partial charge >= 0.3 is 41.8 Å². The molecule has 2 fully saturated rings. The monoisotopic (exact) mass is 980 g/mol. The number of hydrogen-bond acceptors (Lipinski definition) is 18. The van der Waals surface area contributed by atoms with Gasteiger partial charge in [0.15, 0.2) is 49.2 Å². The van der Waals surface area contributed by atoms with Crippen molar-refractivity contribution in [3.8, 4) is 0 Å². The van der Waals surface area contributed by atoms with E-state index in [2.05, 4.69) is 0 Å². The van der Waals surface area contributed by atoms with Crippen LogP contribution in [0.3, 0.4) is 0 Å². The topological polar surface area (TPSA) is 232 Å². The number of aliphatic hydroxyl groups is 1. The number of carbonyl (C=O) groups is 7. The van der Waals surface area contributed by atoms with Gasteiger partial charge in [-0.2, -0.15) is 0 Å². The minimum absolute atomic E-state index is 0.0317. The molecule has 0 saturated carbocycles. The van der Waals surface area contributed by atoms with Crippen LogP contribution in [0.1, 0.15) is 58.7 Å². The van der Waals surface area contributed by atoms with E-state index in [1.807, 2.05) is 0 Å². The van der Waals surface area contributed by atoms with Crippen LogP contribution in [-0.4, -0.2) is 127 Å². The lowest BCUT2D eigenvalue weighted by molar-refractivity contribution is -0.325. The van der Waals surface area contributed by atoms with Crippen LogP contribution >= 0.6 is 11.6 Å². The molecule has 2 heterocycles. The fraction of sp³-hybridized carbons (Fsp3) is 0.275. The van der Waals surface area contributed by atoms with Crippen molar-refractivity contribution in [3.63, 3.8) is 0 Å². The third-order valence-corrected chi connectivity index (χ3v) is 10.9. The summed E-state index contributed by atoms with van der Waals surface area (Å²) in [5.74, 6) is -7.36. The zero-order valence-electron chi connectivity index (χ0n) is 37.1. The smallest absolute Gasteiger partial charge is 0.338 e. The highest BCUT2D eigenvalue weighted by Gasteiger charge is 2.56. The molecule has 0 unspecified atom stereocenters. The van der Waals surface area contributed by atoms with E-state index >= 15 is 0 Å². The van der Waals surface area contributed by atoms with Gasteiger partial charge in [0.2, 0.25) is 0 Å². The molecule has 0 spiro atoms. The Labute approximate surface area is 405 Å². The molecule has 19 heteroatoms. The van der Waals surface area contributed by atoms with E-state index in [4.69, 9.17) is 59.0 Å². The largest absolute Gasteiger partial charge is 0.459 e. The third-order valence-electron chi connectivity index (χ3n) is 10.7. The number of esters is 7. The van der Waals surface area contributed by atoms with Crippen LogP contribution in [0.25, 0.3) is 0 Å². The van der Waals surface area contributed by atoms with Crippen molar-refractivity contribution >= 4 is 53.4 Å². The van der Waals surface area contributed by atoms with Gasteiger partial charge in [-0.15, -0.1) is 11.6 Å². The Morgan fingerprint density at radius 3 is 1.19 bits per heavy atom. The highest BCUT2D eigenvalue weighted by atomic mass is 35.5. The molecule has 0 aliphatic carbocycles. The minimum atomic E-state index is -2.09. The van der Waals surface area contributed by atoms with Gasteiger partial charge in [-0.1, -0.05) is 91.0 Å². The van der Waals surface area contributed by atoms with Gasteiger partial charge in [-0.3, -0.25) is 9.59 Å². The molecule has 0 bridgehead atoms. The molecule has 10 atom stereocenters. The Kier molecular flexibility index (Phi) is 17.4. The number of benzene rings is 5. The summed E-state index contributed by atoms with van der Waals surface area (Å²) in [6, 6.07) is 38.6. The first kappa shape index (κ1) is 50.4. The molecule has 5 aromatic rings. The van der Waals surface area contributed by atoms with Crippen LogP contribution < -0.4 is 0 Å². The van der Waals surface area contributed by atoms with Crippen molar-refractivity contribution in [1.82, 2.24) is 0 Å². The Morgan fingerprint density at radius 1 is 0.443 bits per heavy atom. The van der Waals surface area contributed by atoms with Crippen molar-refractivity contribution in [2.24, 2.45) is 0 Å². The summed E-state index contributed by atoms with van der Waals surface area (Å²) in [4.78, 5) is 94.2. The van der Waals surface area contributed by atoms with E-state index < -0.39 is 122 Å². The van der Waals surface area contributed by atoms with Gasteiger partial charge in [-0.05, 0) is 60.7 Å². The van der Waals surface area contributed by atoms with Gasteiger partial charge in [0.25, 0.3) is 0 Å². The number of aliphatic hydroxyl groups excluding tert-OH is 1. The first-order valence-electron chi connectivity index (χ1n) is 21.7. The average Bonchev–Trinajstić information content (AvgIpc) is 3.39. The summed E-state index contributed by atoms with van der Waals surface area (Å²) >= 11 is 5.77. The Morgan fingerprint density at radius 2 is 0.800 bits per heavy atom. The van der Waals surface area contributed by atoms with E-state index in [0.29, 0.717) is 0 Å². The van der Waals surface area contributed by atoms with E-state index in [1.165, 1.54) is 60.7 Å². The van der Waals surface area contributed by atoms with E-state index in [9.17, 15) is 38.7 Å². The lowest BCUT2D eigenvalue weighted by Gasteiger charge is -2.46. The predicted octanol–water partition coefficient (Wildman–Crippen LogP) is 5.29. The molecule has 0 aromatic heterocycles. The summed E-state index contributed by atoms with van der Waals surface area (Å²) in [5.41, 5.74) is 0.328. The lowest BCUT2D eigenvalue weighted by Crippen LogP contribution is -2.65. The van der Waals surface area contributed by atoms with E-state index in [-0.39, 0.29) is 27.8 Å². The molecular formula is C51H45ClO18. The first-order valence-corrected chi connectivity index (χ1v) is 22.2. The molecule has 1 N–H and O–H groups in total. The number of alkyl halides is 1. The predicted molar refractivity (Wildman–Crippen MR) is 241 cm³/mol. The van der Waals surface area contributed by atoms with Crippen molar-refractivity contribution in [2.45, 2.75) is 68.3 Å². The van der Waals surface area contributed by atoms with Crippen LogP contribution in [-0.2, 0) is 57.0 Å². The zero-order valence-corrected chi connectivity index (χ0v) is 37.8. The van der Waals surface area contributed by atoms with Gasteiger partial charge < -0.3 is 52.5 Å². The molecular weight excluding hydrogens is 936 g/mol. The van der Waals surface area contributed by atoms with Crippen LogP contribution in [0.4, 0.5) is 0 Å². The second kappa shape index (κ2) is 24.2. The third kappa shape index (κ3) is 13.0. The van der Waals surface area contributed by atoms with Gasteiger partial charge in [0.1, 0.15) is 24.7 Å². The summed E-state index contributed by atoms with van der Waals surface area (Å²) in [6.07, 6.45) is -17.8. The molecule has 364 valence electrons. The molecule has 2 saturated heterocycles. The second-order valence-electron chi connectivity index (χ2n) is 15.5. The van der Waals surface area contributed by atoms with Crippen LogP contribution in [0.15, 0.2) is 152 Å². The summed E-state index contributed by atoms with van der Waals surface area (Å²) in [7, 11) is 0. The summed E-state index contributed by atoms with van der Waals surface area (Å²) in [5, 5.41) is 11.4. The molecule has 0 radical (unpaired) electrons. The Hall–Kier alpha value is -7.48. The van der Waals surface area contributed by atoms with Gasteiger partial charge in [-0.25, -0.2) is 24.0 Å². The minimum Gasteiger partial charge on any atom is -0.459 e.